The summed E-state index contributed by atoms with van der Waals surface area (Å²) in [5, 5.41) is 0. The van der Waals surface area contributed by atoms with Gasteiger partial charge in [-0.25, -0.2) is 0 Å². The van der Waals surface area contributed by atoms with Crippen molar-refractivity contribution in [2.75, 3.05) is 26.2 Å². The van der Waals surface area contributed by atoms with Gasteiger partial charge in [-0.15, -0.1) is 0 Å². The first kappa shape index (κ1) is 11.5. The number of ether oxygens (including phenoxy) is 1. The van der Waals surface area contributed by atoms with Gasteiger partial charge in [0.05, 0.1) is 5.76 Å². The van der Waals surface area contributed by atoms with Crippen molar-refractivity contribution in [3.05, 3.63) is 11.8 Å². The van der Waals surface area contributed by atoms with Gasteiger partial charge in [-0.3, -0.25) is 0 Å². The molecular formula is C10H21NO. The van der Waals surface area contributed by atoms with Crippen molar-refractivity contribution in [2.45, 2.75) is 27.7 Å². The molecule has 0 fully saturated rings. The molecule has 0 saturated heterocycles. The van der Waals surface area contributed by atoms with Crippen molar-refractivity contribution in [2.24, 2.45) is 0 Å². The zero-order valence-electron chi connectivity index (χ0n) is 8.76. The molecule has 0 aromatic rings. The van der Waals surface area contributed by atoms with Crippen LogP contribution in [0.1, 0.15) is 27.7 Å². The van der Waals surface area contributed by atoms with E-state index in [4.69, 9.17) is 4.74 Å². The summed E-state index contributed by atoms with van der Waals surface area (Å²) in [6, 6.07) is 0. The summed E-state index contributed by atoms with van der Waals surface area (Å²) in [6.07, 6.45) is 1.99. The monoisotopic (exact) mass is 171 g/mol. The lowest BCUT2D eigenvalue weighted by Crippen LogP contribution is -2.26. The zero-order chi connectivity index (χ0) is 9.40. The van der Waals surface area contributed by atoms with E-state index in [0.717, 1.165) is 32.0 Å². The summed E-state index contributed by atoms with van der Waals surface area (Å²) < 4.78 is 5.44. The van der Waals surface area contributed by atoms with E-state index in [9.17, 15) is 0 Å². The fraction of sp³-hybridized carbons (Fsp3) is 0.800. The molecule has 0 rings (SSSR count). The second kappa shape index (κ2) is 7.17. The van der Waals surface area contributed by atoms with Gasteiger partial charge in [0.15, 0.2) is 0 Å². The molecule has 0 atom stereocenters. The molecule has 0 unspecified atom stereocenters. The molecule has 12 heavy (non-hydrogen) atoms. The van der Waals surface area contributed by atoms with Gasteiger partial charge in [-0.2, -0.15) is 0 Å². The SMILES string of the molecule is C/C=C(/C)OCCN(CC)CC. The summed E-state index contributed by atoms with van der Waals surface area (Å²) in [4.78, 5) is 2.35. The molecule has 0 aliphatic heterocycles. The molecule has 2 heteroatoms. The number of rotatable bonds is 6. The molecule has 0 amide bonds. The molecule has 0 aliphatic carbocycles. The summed E-state index contributed by atoms with van der Waals surface area (Å²) in [7, 11) is 0. The van der Waals surface area contributed by atoms with Crippen LogP contribution in [0.3, 0.4) is 0 Å². The van der Waals surface area contributed by atoms with Crippen LogP contribution in [0.4, 0.5) is 0 Å². The van der Waals surface area contributed by atoms with Crippen LogP contribution in [0.25, 0.3) is 0 Å². The first-order chi connectivity index (χ1) is 5.74. The highest BCUT2D eigenvalue weighted by atomic mass is 16.5. The molecule has 0 radical (unpaired) electrons. The van der Waals surface area contributed by atoms with E-state index in [-0.39, 0.29) is 0 Å². The van der Waals surface area contributed by atoms with Crippen LogP contribution >= 0.6 is 0 Å². The van der Waals surface area contributed by atoms with Crippen molar-refractivity contribution >= 4 is 0 Å². The topological polar surface area (TPSA) is 12.5 Å². The normalized spacial score (nSPS) is 12.2. The van der Waals surface area contributed by atoms with Gasteiger partial charge in [0.25, 0.3) is 0 Å². The van der Waals surface area contributed by atoms with Crippen LogP contribution in [0.5, 0.6) is 0 Å². The van der Waals surface area contributed by atoms with Gasteiger partial charge in [-0.1, -0.05) is 19.9 Å². The highest BCUT2D eigenvalue weighted by molar-refractivity contribution is 4.84. The Morgan fingerprint density at radius 2 is 1.92 bits per heavy atom. The Bertz CT molecular complexity index is 128. The molecule has 0 aromatic heterocycles. The lowest BCUT2D eigenvalue weighted by Gasteiger charge is -2.17. The third kappa shape index (κ3) is 5.19. The fourth-order valence-corrected chi connectivity index (χ4v) is 0.959. The highest BCUT2D eigenvalue weighted by Crippen LogP contribution is 1.95. The smallest absolute Gasteiger partial charge is 0.100 e. The molecule has 0 N–H and O–H groups in total. The molecule has 0 aromatic carbocycles. The Hall–Kier alpha value is -0.500. The first-order valence-corrected chi connectivity index (χ1v) is 4.72. The van der Waals surface area contributed by atoms with Gasteiger partial charge in [0, 0.05) is 6.54 Å². The van der Waals surface area contributed by atoms with Crippen molar-refractivity contribution in [3.8, 4) is 0 Å². The third-order valence-corrected chi connectivity index (χ3v) is 2.04. The van der Waals surface area contributed by atoms with Crippen LogP contribution in [0.15, 0.2) is 11.8 Å². The largest absolute Gasteiger partial charge is 0.497 e. The van der Waals surface area contributed by atoms with Crippen molar-refractivity contribution in [3.63, 3.8) is 0 Å². The van der Waals surface area contributed by atoms with E-state index in [0.29, 0.717) is 0 Å². The van der Waals surface area contributed by atoms with Crippen LogP contribution in [0, 0.1) is 0 Å². The van der Waals surface area contributed by atoms with Crippen LogP contribution in [0.2, 0.25) is 0 Å². The summed E-state index contributed by atoms with van der Waals surface area (Å²) >= 11 is 0. The zero-order valence-corrected chi connectivity index (χ0v) is 8.76. The number of hydrogen-bond acceptors (Lipinski definition) is 2. The molecule has 72 valence electrons. The van der Waals surface area contributed by atoms with Gasteiger partial charge in [-0.05, 0) is 26.9 Å². The van der Waals surface area contributed by atoms with Crippen LogP contribution in [-0.4, -0.2) is 31.1 Å². The molecule has 0 aliphatic rings. The number of hydrogen-bond donors (Lipinski definition) is 0. The lowest BCUT2D eigenvalue weighted by atomic mass is 10.5. The Kier molecular flexibility index (Phi) is 6.87. The standard InChI is InChI=1S/C10H21NO/c1-5-10(4)12-9-8-11(6-2)7-3/h5H,6-9H2,1-4H3/b10-5-. The minimum absolute atomic E-state index is 0.803. The Morgan fingerprint density at radius 1 is 1.33 bits per heavy atom. The maximum atomic E-state index is 5.44. The lowest BCUT2D eigenvalue weighted by molar-refractivity contribution is 0.165. The number of nitrogens with zero attached hydrogens (tertiary/aromatic N) is 1. The summed E-state index contributed by atoms with van der Waals surface area (Å²) in [5.41, 5.74) is 0. The van der Waals surface area contributed by atoms with E-state index < -0.39 is 0 Å². The van der Waals surface area contributed by atoms with Crippen LogP contribution < -0.4 is 0 Å². The Balaban J connectivity index is 3.41. The van der Waals surface area contributed by atoms with E-state index in [1.165, 1.54) is 0 Å². The van der Waals surface area contributed by atoms with Crippen LogP contribution in [-0.2, 0) is 4.74 Å². The number of likely N-dealkylation sites (N-methyl/N-ethyl adjacent to an activating group) is 1. The average Bonchev–Trinajstić information content (AvgIpc) is 2.12. The number of allylic oxidation sites excluding steroid dienone is 2. The molecule has 0 saturated carbocycles. The van der Waals surface area contributed by atoms with Crippen molar-refractivity contribution in [1.29, 1.82) is 0 Å². The van der Waals surface area contributed by atoms with Gasteiger partial charge in [0.2, 0.25) is 0 Å². The Labute approximate surface area is 76.2 Å². The molecule has 0 heterocycles. The second-order valence-electron chi connectivity index (χ2n) is 2.77. The van der Waals surface area contributed by atoms with Crippen molar-refractivity contribution < 1.29 is 4.74 Å². The molecule has 0 bridgehead atoms. The highest BCUT2D eigenvalue weighted by Gasteiger charge is 1.97. The molecular weight excluding hydrogens is 150 g/mol. The van der Waals surface area contributed by atoms with Gasteiger partial charge >= 0.3 is 0 Å². The van der Waals surface area contributed by atoms with E-state index in [2.05, 4.69) is 18.7 Å². The summed E-state index contributed by atoms with van der Waals surface area (Å²) in [6.45, 7) is 12.4. The van der Waals surface area contributed by atoms with Gasteiger partial charge in [0.1, 0.15) is 6.61 Å². The molecule has 2 nitrogen and oxygen atoms in total. The Morgan fingerprint density at radius 3 is 2.33 bits per heavy atom. The minimum atomic E-state index is 0.803. The van der Waals surface area contributed by atoms with Crippen molar-refractivity contribution in [1.82, 2.24) is 4.90 Å². The second-order valence-corrected chi connectivity index (χ2v) is 2.77. The average molecular weight is 171 g/mol. The maximum absolute atomic E-state index is 5.44. The fourth-order valence-electron chi connectivity index (χ4n) is 0.959. The third-order valence-electron chi connectivity index (χ3n) is 2.04. The van der Waals surface area contributed by atoms with Gasteiger partial charge < -0.3 is 9.64 Å². The first-order valence-electron chi connectivity index (χ1n) is 4.72. The predicted octanol–water partition coefficient (Wildman–Crippen LogP) is 2.27. The quantitative estimate of drug-likeness (QED) is 0.568. The minimum Gasteiger partial charge on any atom is -0.497 e. The predicted molar refractivity (Wildman–Crippen MR) is 53.2 cm³/mol. The molecule has 0 spiro atoms. The van der Waals surface area contributed by atoms with E-state index in [1.54, 1.807) is 0 Å². The van der Waals surface area contributed by atoms with E-state index in [1.807, 2.05) is 19.9 Å². The van der Waals surface area contributed by atoms with E-state index >= 15 is 0 Å². The maximum Gasteiger partial charge on any atom is 0.100 e. The summed E-state index contributed by atoms with van der Waals surface area (Å²) in [5.74, 6) is 1.02.